The van der Waals surface area contributed by atoms with Crippen LogP contribution >= 0.6 is 15.9 Å². The van der Waals surface area contributed by atoms with Gasteiger partial charge in [0.15, 0.2) is 0 Å². The highest BCUT2D eigenvalue weighted by Crippen LogP contribution is 2.16. The highest BCUT2D eigenvalue weighted by atomic mass is 79.9. The molecule has 0 aliphatic heterocycles. The monoisotopic (exact) mass is 306 g/mol. The van der Waals surface area contributed by atoms with Crippen molar-refractivity contribution in [1.82, 2.24) is 5.16 Å². The number of hydrogen-bond acceptors (Lipinski definition) is 4. The van der Waals surface area contributed by atoms with Gasteiger partial charge in [0.1, 0.15) is 26.5 Å². The summed E-state index contributed by atoms with van der Waals surface area (Å²) in [6.45, 7) is 5.69. The molecule has 0 saturated carbocycles. The second-order valence-corrected chi connectivity index (χ2v) is 7.05. The van der Waals surface area contributed by atoms with Crippen LogP contribution in [0.5, 0.6) is 0 Å². The summed E-state index contributed by atoms with van der Waals surface area (Å²) in [4.78, 5) is 0. The van der Waals surface area contributed by atoms with Crippen LogP contribution in [0.4, 0.5) is 0 Å². The minimum absolute atomic E-state index is 0.300. The number of aryl methyl sites for hydroxylation is 1. The van der Waals surface area contributed by atoms with Crippen molar-refractivity contribution in [2.24, 2.45) is 4.40 Å². The number of aromatic nitrogens is 1. The van der Waals surface area contributed by atoms with Gasteiger partial charge in [-0.25, -0.2) is 0 Å². The minimum atomic E-state index is -1.18. The van der Waals surface area contributed by atoms with Gasteiger partial charge in [-0.3, -0.25) is 0 Å². The quantitative estimate of drug-likeness (QED) is 0.634. The van der Waals surface area contributed by atoms with Crippen LogP contribution in [0.3, 0.4) is 0 Å². The molecule has 1 heterocycles. The maximum atomic E-state index is 11.5. The zero-order valence-corrected chi connectivity index (χ0v) is 12.0. The molecule has 4 nitrogen and oxygen atoms in total. The molecule has 6 heteroatoms. The van der Waals surface area contributed by atoms with E-state index in [4.69, 9.17) is 4.52 Å². The summed E-state index contributed by atoms with van der Waals surface area (Å²) in [5.41, 5.74) is 0. The third-order valence-corrected chi connectivity index (χ3v) is 3.51. The van der Waals surface area contributed by atoms with E-state index in [1.165, 1.54) is 0 Å². The highest BCUT2D eigenvalue weighted by Gasteiger charge is 2.25. The van der Waals surface area contributed by atoms with Crippen LogP contribution in [0.25, 0.3) is 0 Å². The Labute approximate surface area is 107 Å². The van der Waals surface area contributed by atoms with Gasteiger partial charge >= 0.3 is 0 Å². The van der Waals surface area contributed by atoms with Gasteiger partial charge in [-0.05, 0) is 43.1 Å². The number of hydrogen-bond donors (Lipinski definition) is 0. The Morgan fingerprint density at radius 3 is 2.81 bits per heavy atom. The van der Waals surface area contributed by atoms with Crippen LogP contribution in [0.15, 0.2) is 19.6 Å². The average Bonchev–Trinajstić information content (AvgIpc) is 2.57. The van der Waals surface area contributed by atoms with Crippen LogP contribution in [-0.4, -0.2) is 20.7 Å². The molecule has 0 aliphatic carbocycles. The van der Waals surface area contributed by atoms with E-state index in [1.807, 2.05) is 26.8 Å². The third kappa shape index (κ3) is 4.67. The first-order chi connectivity index (χ1) is 7.39. The van der Waals surface area contributed by atoms with E-state index in [1.54, 1.807) is 6.21 Å². The van der Waals surface area contributed by atoms with E-state index < -0.39 is 11.4 Å². The Hall–Kier alpha value is -0.330. The fourth-order valence-electron chi connectivity index (χ4n) is 0.891. The Bertz CT molecular complexity index is 360. The van der Waals surface area contributed by atoms with Crippen molar-refractivity contribution in [3.05, 3.63) is 16.4 Å². The van der Waals surface area contributed by atoms with Gasteiger partial charge in [-0.15, -0.1) is 0 Å². The number of nitrogens with zero attached hydrogens (tertiary/aromatic N) is 2. The van der Waals surface area contributed by atoms with Crippen LogP contribution in [0.1, 0.15) is 33.0 Å². The summed E-state index contributed by atoms with van der Waals surface area (Å²) in [5, 5.41) is 3.71. The molecule has 1 rings (SSSR count). The Morgan fingerprint density at radius 1 is 1.62 bits per heavy atom. The molecule has 90 valence electrons. The summed E-state index contributed by atoms with van der Waals surface area (Å²) < 4.78 is 20.9. The van der Waals surface area contributed by atoms with Crippen molar-refractivity contribution in [3.63, 3.8) is 0 Å². The summed E-state index contributed by atoms with van der Waals surface area (Å²) in [6, 6.07) is 1.81. The van der Waals surface area contributed by atoms with Crippen LogP contribution in [0, 0.1) is 0 Å². The average molecular weight is 307 g/mol. The molecule has 1 unspecified atom stereocenters. The molecule has 0 amide bonds. The van der Waals surface area contributed by atoms with Gasteiger partial charge < -0.3 is 9.08 Å². The van der Waals surface area contributed by atoms with Crippen molar-refractivity contribution in [1.29, 1.82) is 0 Å². The van der Waals surface area contributed by atoms with Gasteiger partial charge in [0, 0.05) is 12.5 Å². The van der Waals surface area contributed by atoms with E-state index in [2.05, 4.69) is 25.5 Å². The van der Waals surface area contributed by atoms with Gasteiger partial charge in [0.05, 0.1) is 6.21 Å². The summed E-state index contributed by atoms with van der Waals surface area (Å²) in [6.07, 6.45) is 3.09. The third-order valence-electron chi connectivity index (χ3n) is 1.74. The smallest absolute Gasteiger partial charge is 0.149 e. The predicted molar refractivity (Wildman–Crippen MR) is 68.9 cm³/mol. The second-order valence-electron chi connectivity index (χ2n) is 4.30. The molecule has 1 aromatic heterocycles. The first-order valence-corrected chi connectivity index (χ1v) is 6.85. The minimum Gasteiger partial charge on any atom is -0.591 e. The van der Waals surface area contributed by atoms with E-state index in [0.717, 1.165) is 5.76 Å². The molecule has 0 N–H and O–H groups in total. The van der Waals surface area contributed by atoms with E-state index in [0.29, 0.717) is 17.4 Å². The van der Waals surface area contributed by atoms with E-state index in [-0.39, 0.29) is 4.75 Å². The lowest BCUT2D eigenvalue weighted by atomic mass is 10.3. The SMILES string of the molecule is CC(C)(C)[S+]([O-])/N=C/CCc1cc(Br)no1. The van der Waals surface area contributed by atoms with Crippen LogP contribution in [0.2, 0.25) is 0 Å². The largest absolute Gasteiger partial charge is 0.591 e. The van der Waals surface area contributed by atoms with Crippen molar-refractivity contribution in [2.75, 3.05) is 0 Å². The maximum absolute atomic E-state index is 11.5. The Morgan fingerprint density at radius 2 is 2.31 bits per heavy atom. The molecule has 1 aromatic rings. The van der Waals surface area contributed by atoms with Crippen molar-refractivity contribution in [3.8, 4) is 0 Å². The van der Waals surface area contributed by atoms with E-state index >= 15 is 0 Å². The predicted octanol–water partition coefficient (Wildman–Crippen LogP) is 2.90. The van der Waals surface area contributed by atoms with Crippen LogP contribution < -0.4 is 0 Å². The Kier molecular flexibility index (Phi) is 5.01. The zero-order chi connectivity index (χ0) is 12.2. The second kappa shape index (κ2) is 5.84. The molecule has 1 atom stereocenters. The molecule has 0 aromatic carbocycles. The normalized spacial score (nSPS) is 14.6. The van der Waals surface area contributed by atoms with Crippen LogP contribution in [-0.2, 0) is 17.8 Å². The summed E-state index contributed by atoms with van der Waals surface area (Å²) in [5.74, 6) is 0.792. The lowest BCUT2D eigenvalue weighted by Crippen LogP contribution is -2.25. The maximum Gasteiger partial charge on any atom is 0.149 e. The van der Waals surface area contributed by atoms with Crippen molar-refractivity contribution in [2.45, 2.75) is 38.4 Å². The number of halogens is 1. The van der Waals surface area contributed by atoms with Gasteiger partial charge in [-0.2, -0.15) is 0 Å². The molecule has 0 bridgehead atoms. The molecule has 0 fully saturated rings. The Balaban J connectivity index is 2.33. The summed E-state index contributed by atoms with van der Waals surface area (Å²) >= 11 is 2.03. The summed E-state index contributed by atoms with van der Waals surface area (Å²) in [7, 11) is 0. The standard InChI is InChI=1S/C10H15BrN2O2S/c1-10(2,3)16(14)12-6-4-5-8-7-9(11)13-15-8/h6-7H,4-5H2,1-3H3/b12-6+. The van der Waals surface area contributed by atoms with Gasteiger partial charge in [-0.1, -0.05) is 9.55 Å². The number of rotatable bonds is 4. The molecule has 0 radical (unpaired) electrons. The molecule has 0 aliphatic rings. The molecule has 16 heavy (non-hydrogen) atoms. The topological polar surface area (TPSA) is 61.5 Å². The van der Waals surface area contributed by atoms with E-state index in [9.17, 15) is 4.55 Å². The molecular formula is C10H15BrN2O2S. The van der Waals surface area contributed by atoms with Crippen molar-refractivity contribution >= 4 is 33.5 Å². The van der Waals surface area contributed by atoms with Crippen molar-refractivity contribution < 1.29 is 9.08 Å². The first-order valence-electron chi connectivity index (χ1n) is 4.95. The zero-order valence-electron chi connectivity index (χ0n) is 9.57. The van der Waals surface area contributed by atoms with Gasteiger partial charge in [0.25, 0.3) is 0 Å². The lowest BCUT2D eigenvalue weighted by molar-refractivity contribution is 0.381. The molecule has 0 spiro atoms. The molecular weight excluding hydrogens is 292 g/mol. The van der Waals surface area contributed by atoms with Gasteiger partial charge in [0.2, 0.25) is 0 Å². The first kappa shape index (κ1) is 13.7. The lowest BCUT2D eigenvalue weighted by Gasteiger charge is -2.17. The fourth-order valence-corrected chi connectivity index (χ4v) is 1.78. The molecule has 0 saturated heterocycles. The highest BCUT2D eigenvalue weighted by molar-refractivity contribution is 9.10. The fraction of sp³-hybridized carbons (Fsp3) is 0.600.